The topological polar surface area (TPSA) is 73.5 Å². The van der Waals surface area contributed by atoms with Gasteiger partial charge in [-0.15, -0.1) is 0 Å². The smallest absolute Gasteiger partial charge is 0.319 e. The minimum absolute atomic E-state index is 0.0306. The molecule has 1 aliphatic rings. The molecule has 3 amide bonds. The summed E-state index contributed by atoms with van der Waals surface area (Å²) < 4.78 is 0. The molecule has 3 aromatic carbocycles. The quantitative estimate of drug-likeness (QED) is 0.556. The molecular formula is C25H28N4O2. The second kappa shape index (κ2) is 10.1. The lowest BCUT2D eigenvalue weighted by Gasteiger charge is -2.35. The van der Waals surface area contributed by atoms with E-state index in [2.05, 4.69) is 20.9 Å². The highest BCUT2D eigenvalue weighted by molar-refractivity contribution is 6.02. The Bertz CT molecular complexity index is 1030. The van der Waals surface area contributed by atoms with Crippen molar-refractivity contribution in [2.75, 3.05) is 30.3 Å². The van der Waals surface area contributed by atoms with Crippen LogP contribution in [0.15, 0.2) is 72.8 Å². The van der Waals surface area contributed by atoms with Gasteiger partial charge in [-0.1, -0.05) is 61.0 Å². The number of anilines is 2. The van der Waals surface area contributed by atoms with Crippen molar-refractivity contribution < 1.29 is 9.59 Å². The molecule has 1 saturated heterocycles. The summed E-state index contributed by atoms with van der Waals surface area (Å²) in [6.07, 6.45) is 3.13. The Morgan fingerprint density at radius 1 is 0.871 bits per heavy atom. The number of hydrogen-bond donors (Lipinski definition) is 3. The molecule has 6 nitrogen and oxygen atoms in total. The first-order chi connectivity index (χ1) is 15.2. The van der Waals surface area contributed by atoms with Gasteiger partial charge in [0.2, 0.25) is 5.91 Å². The highest BCUT2D eigenvalue weighted by atomic mass is 16.2. The first kappa shape index (κ1) is 20.9. The Morgan fingerprint density at radius 3 is 2.52 bits per heavy atom. The number of amides is 3. The van der Waals surface area contributed by atoms with Gasteiger partial charge in [-0.25, -0.2) is 4.79 Å². The molecular weight excluding hydrogens is 388 g/mol. The first-order valence-corrected chi connectivity index (χ1v) is 10.8. The summed E-state index contributed by atoms with van der Waals surface area (Å²) in [7, 11) is 0. The van der Waals surface area contributed by atoms with Crippen molar-refractivity contribution in [3.8, 4) is 0 Å². The van der Waals surface area contributed by atoms with Gasteiger partial charge in [0.15, 0.2) is 0 Å². The van der Waals surface area contributed by atoms with E-state index in [-0.39, 0.29) is 18.0 Å². The second-order valence-electron chi connectivity index (χ2n) is 7.90. The van der Waals surface area contributed by atoms with Gasteiger partial charge in [-0.3, -0.25) is 9.69 Å². The molecule has 160 valence electrons. The molecule has 1 unspecified atom stereocenters. The lowest BCUT2D eigenvalue weighted by molar-refractivity contribution is -0.118. The Morgan fingerprint density at radius 2 is 1.65 bits per heavy atom. The average molecular weight is 417 g/mol. The summed E-state index contributed by atoms with van der Waals surface area (Å²) in [4.78, 5) is 27.2. The van der Waals surface area contributed by atoms with Crippen LogP contribution in [0.1, 0.15) is 19.3 Å². The standard InChI is InChI=1S/C25H28N4O2/c30-24(28-23-15-8-10-19-9-4-5-14-22(19)23)18-29-16-7-6-13-21(29)17-26-25(31)27-20-11-2-1-3-12-20/h1-5,8-12,14-15,21H,6-7,13,16-18H2,(H,28,30)(H2,26,27,31). The van der Waals surface area contributed by atoms with E-state index in [0.29, 0.717) is 13.1 Å². The fourth-order valence-corrected chi connectivity index (χ4v) is 4.12. The number of nitrogens with zero attached hydrogens (tertiary/aromatic N) is 1. The molecule has 3 aromatic rings. The van der Waals surface area contributed by atoms with E-state index in [9.17, 15) is 9.59 Å². The molecule has 1 heterocycles. The molecule has 0 spiro atoms. The molecule has 0 saturated carbocycles. The number of para-hydroxylation sites is 1. The SMILES string of the molecule is O=C(CN1CCCCC1CNC(=O)Nc1ccccc1)Nc1cccc2ccccc12. The average Bonchev–Trinajstić information content (AvgIpc) is 2.79. The van der Waals surface area contributed by atoms with Crippen LogP contribution < -0.4 is 16.0 Å². The number of carbonyl (C=O) groups excluding carboxylic acids is 2. The van der Waals surface area contributed by atoms with E-state index in [1.54, 1.807) is 0 Å². The second-order valence-corrected chi connectivity index (χ2v) is 7.90. The maximum absolute atomic E-state index is 12.8. The number of carbonyl (C=O) groups is 2. The van der Waals surface area contributed by atoms with Gasteiger partial charge < -0.3 is 16.0 Å². The van der Waals surface area contributed by atoms with Gasteiger partial charge in [0.25, 0.3) is 0 Å². The van der Waals surface area contributed by atoms with Crippen molar-refractivity contribution in [3.63, 3.8) is 0 Å². The molecule has 0 aromatic heterocycles. The van der Waals surface area contributed by atoms with Gasteiger partial charge in [0.1, 0.15) is 0 Å². The van der Waals surface area contributed by atoms with Crippen LogP contribution in [-0.2, 0) is 4.79 Å². The number of rotatable bonds is 6. The van der Waals surface area contributed by atoms with Gasteiger partial charge in [-0.05, 0) is 43.0 Å². The number of benzene rings is 3. The van der Waals surface area contributed by atoms with Crippen molar-refractivity contribution in [2.45, 2.75) is 25.3 Å². The minimum Gasteiger partial charge on any atom is -0.336 e. The summed E-state index contributed by atoms with van der Waals surface area (Å²) in [5, 5.41) is 11.0. The number of fused-ring (bicyclic) bond motifs is 1. The summed E-state index contributed by atoms with van der Waals surface area (Å²) in [6.45, 7) is 1.69. The number of urea groups is 1. The fraction of sp³-hybridized carbons (Fsp3) is 0.280. The van der Waals surface area contributed by atoms with Crippen molar-refractivity contribution in [1.82, 2.24) is 10.2 Å². The minimum atomic E-state index is -0.225. The molecule has 0 aliphatic carbocycles. The summed E-state index contributed by atoms with van der Waals surface area (Å²) in [6, 6.07) is 23.3. The van der Waals surface area contributed by atoms with E-state index >= 15 is 0 Å². The number of likely N-dealkylation sites (tertiary alicyclic amines) is 1. The van der Waals surface area contributed by atoms with E-state index in [1.807, 2.05) is 72.8 Å². The summed E-state index contributed by atoms with van der Waals surface area (Å²) in [5.74, 6) is -0.0306. The summed E-state index contributed by atoms with van der Waals surface area (Å²) >= 11 is 0. The van der Waals surface area contributed by atoms with Gasteiger partial charge in [-0.2, -0.15) is 0 Å². The summed E-state index contributed by atoms with van der Waals surface area (Å²) in [5.41, 5.74) is 1.59. The van der Waals surface area contributed by atoms with Gasteiger partial charge in [0.05, 0.1) is 6.54 Å². The maximum atomic E-state index is 12.8. The largest absolute Gasteiger partial charge is 0.336 e. The predicted octanol–water partition coefficient (Wildman–Crippen LogP) is 4.45. The van der Waals surface area contributed by atoms with E-state index in [1.165, 1.54) is 0 Å². The van der Waals surface area contributed by atoms with Crippen LogP contribution in [-0.4, -0.2) is 42.5 Å². The Kier molecular flexibility index (Phi) is 6.79. The van der Waals surface area contributed by atoms with Gasteiger partial charge in [0, 0.05) is 29.3 Å². The normalized spacial score (nSPS) is 16.6. The van der Waals surface area contributed by atoms with E-state index in [0.717, 1.165) is 48.0 Å². The van der Waals surface area contributed by atoms with Crippen molar-refractivity contribution >= 4 is 34.1 Å². The van der Waals surface area contributed by atoms with Crippen LogP contribution >= 0.6 is 0 Å². The first-order valence-electron chi connectivity index (χ1n) is 10.8. The van der Waals surface area contributed by atoms with Crippen molar-refractivity contribution in [1.29, 1.82) is 0 Å². The number of hydrogen-bond acceptors (Lipinski definition) is 3. The van der Waals surface area contributed by atoms with Crippen LogP contribution in [0.2, 0.25) is 0 Å². The molecule has 3 N–H and O–H groups in total. The van der Waals surface area contributed by atoms with Crippen LogP contribution in [0.3, 0.4) is 0 Å². The molecule has 1 fully saturated rings. The monoisotopic (exact) mass is 416 g/mol. The van der Waals surface area contributed by atoms with Gasteiger partial charge >= 0.3 is 6.03 Å². The Balaban J connectivity index is 1.33. The predicted molar refractivity (Wildman–Crippen MR) is 125 cm³/mol. The molecule has 1 atom stereocenters. The zero-order chi connectivity index (χ0) is 21.5. The third-order valence-electron chi connectivity index (χ3n) is 5.69. The molecule has 0 radical (unpaired) electrons. The number of piperidine rings is 1. The van der Waals surface area contributed by atoms with E-state index in [4.69, 9.17) is 0 Å². The molecule has 31 heavy (non-hydrogen) atoms. The zero-order valence-corrected chi connectivity index (χ0v) is 17.5. The third-order valence-corrected chi connectivity index (χ3v) is 5.69. The van der Waals surface area contributed by atoms with E-state index < -0.39 is 0 Å². The van der Waals surface area contributed by atoms with Crippen LogP contribution in [0.4, 0.5) is 16.2 Å². The fourth-order valence-electron chi connectivity index (χ4n) is 4.12. The Labute approximate surface area is 182 Å². The van der Waals surface area contributed by atoms with Crippen LogP contribution in [0.25, 0.3) is 10.8 Å². The van der Waals surface area contributed by atoms with Crippen LogP contribution in [0.5, 0.6) is 0 Å². The number of nitrogens with one attached hydrogen (secondary N) is 3. The highest BCUT2D eigenvalue weighted by Gasteiger charge is 2.25. The lowest BCUT2D eigenvalue weighted by atomic mass is 10.0. The molecule has 0 bridgehead atoms. The zero-order valence-electron chi connectivity index (χ0n) is 17.5. The third kappa shape index (κ3) is 5.61. The Hall–Kier alpha value is -3.38. The highest BCUT2D eigenvalue weighted by Crippen LogP contribution is 2.23. The lowest BCUT2D eigenvalue weighted by Crippen LogP contribution is -2.49. The van der Waals surface area contributed by atoms with Crippen molar-refractivity contribution in [3.05, 3.63) is 72.8 Å². The maximum Gasteiger partial charge on any atom is 0.319 e. The molecule has 4 rings (SSSR count). The molecule has 1 aliphatic heterocycles. The van der Waals surface area contributed by atoms with Crippen LogP contribution in [0, 0.1) is 0 Å². The molecule has 6 heteroatoms. The van der Waals surface area contributed by atoms with Crippen molar-refractivity contribution in [2.24, 2.45) is 0 Å².